The van der Waals surface area contributed by atoms with Gasteiger partial charge in [-0.1, -0.05) is 47.5 Å². The van der Waals surface area contributed by atoms with E-state index in [1.165, 1.54) is 0 Å². The number of amides is 2. The number of halogens is 2. The van der Waals surface area contributed by atoms with E-state index >= 15 is 0 Å². The summed E-state index contributed by atoms with van der Waals surface area (Å²) in [5, 5.41) is 13.1. The van der Waals surface area contributed by atoms with E-state index in [9.17, 15) is 10.1 Å². The molecule has 0 bridgehead atoms. The van der Waals surface area contributed by atoms with Crippen LogP contribution in [0.4, 0.5) is 16.2 Å². The highest BCUT2D eigenvalue weighted by atomic mass is 35.5. The molecule has 0 radical (unpaired) electrons. The van der Waals surface area contributed by atoms with E-state index < -0.39 is 0 Å². The van der Waals surface area contributed by atoms with Gasteiger partial charge in [0, 0.05) is 60.7 Å². The zero-order valence-electron chi connectivity index (χ0n) is 19.5. The van der Waals surface area contributed by atoms with Gasteiger partial charge in [0.15, 0.2) is 0 Å². The molecule has 3 aromatic rings. The molecule has 0 aromatic heterocycles. The second kappa shape index (κ2) is 11.6. The number of benzene rings is 3. The fraction of sp³-hybridized carbons (Fsp3) is 0.259. The number of rotatable bonds is 6. The molecular weight excluding hydrogens is 481 g/mol. The molecule has 3 aromatic carbocycles. The minimum Gasteiger partial charge on any atom is -0.307 e. The molecule has 1 fully saturated rings. The van der Waals surface area contributed by atoms with Crippen LogP contribution in [0.15, 0.2) is 66.7 Å². The molecule has 1 heterocycles. The maximum Gasteiger partial charge on any atom is 0.326 e. The lowest BCUT2D eigenvalue weighted by Gasteiger charge is -2.34. The standard InChI is InChI=1S/C27H27Cl2N5O/c1-32-9-11-33(12-10-32)13-14-34(27(35)31-25-17-23(28)16-24(29)18-25)26-7-5-21(6-8-26)22-4-2-3-20(15-22)19-30/h2-8,15-18H,9-14H2,1H3,(H,31,35). The van der Waals surface area contributed by atoms with Crippen LogP contribution in [-0.4, -0.2) is 62.1 Å². The van der Waals surface area contributed by atoms with Crippen molar-refractivity contribution in [1.29, 1.82) is 5.26 Å². The molecule has 4 rings (SSSR count). The van der Waals surface area contributed by atoms with E-state index in [4.69, 9.17) is 23.2 Å². The molecular formula is C27H27Cl2N5O. The zero-order valence-corrected chi connectivity index (χ0v) is 21.1. The van der Waals surface area contributed by atoms with Gasteiger partial charge in [-0.25, -0.2) is 4.79 Å². The second-order valence-electron chi connectivity index (χ2n) is 8.62. The van der Waals surface area contributed by atoms with Crippen LogP contribution in [0.25, 0.3) is 11.1 Å². The van der Waals surface area contributed by atoms with E-state index in [2.05, 4.69) is 28.2 Å². The molecule has 1 aliphatic rings. The molecule has 1 saturated heterocycles. The maximum atomic E-state index is 13.4. The van der Waals surface area contributed by atoms with Gasteiger partial charge < -0.3 is 10.2 Å². The van der Waals surface area contributed by atoms with Crippen LogP contribution in [-0.2, 0) is 0 Å². The number of anilines is 2. The predicted octanol–water partition coefficient (Wildman–Crippen LogP) is 5.82. The second-order valence-corrected chi connectivity index (χ2v) is 9.50. The molecule has 35 heavy (non-hydrogen) atoms. The van der Waals surface area contributed by atoms with Crippen LogP contribution >= 0.6 is 23.2 Å². The third-order valence-electron chi connectivity index (χ3n) is 6.10. The van der Waals surface area contributed by atoms with Crippen molar-refractivity contribution in [3.8, 4) is 17.2 Å². The van der Waals surface area contributed by atoms with Gasteiger partial charge in [-0.2, -0.15) is 5.26 Å². The lowest BCUT2D eigenvalue weighted by atomic mass is 10.0. The Kier molecular flexibility index (Phi) is 8.27. The normalized spacial score (nSPS) is 14.3. The van der Waals surface area contributed by atoms with Gasteiger partial charge in [-0.15, -0.1) is 0 Å². The third-order valence-corrected chi connectivity index (χ3v) is 6.54. The van der Waals surface area contributed by atoms with Crippen molar-refractivity contribution in [1.82, 2.24) is 9.80 Å². The predicted molar refractivity (Wildman–Crippen MR) is 143 cm³/mol. The first-order valence-electron chi connectivity index (χ1n) is 11.5. The zero-order chi connectivity index (χ0) is 24.8. The van der Waals surface area contributed by atoms with Gasteiger partial charge in [0.2, 0.25) is 0 Å². The average molecular weight is 508 g/mol. The molecule has 0 atom stereocenters. The number of carbonyl (C=O) groups excluding carboxylic acids is 1. The SMILES string of the molecule is CN1CCN(CCN(C(=O)Nc2cc(Cl)cc(Cl)c2)c2ccc(-c3cccc(C#N)c3)cc2)CC1. The fourth-order valence-electron chi connectivity index (χ4n) is 4.08. The monoisotopic (exact) mass is 507 g/mol. The molecule has 180 valence electrons. The van der Waals surface area contributed by atoms with Gasteiger partial charge in [0.25, 0.3) is 0 Å². The number of piperazine rings is 1. The Bertz CT molecular complexity index is 1200. The number of nitrogens with one attached hydrogen (secondary N) is 1. The fourth-order valence-corrected chi connectivity index (χ4v) is 4.61. The number of nitriles is 1. The lowest BCUT2D eigenvalue weighted by Crippen LogP contribution is -2.48. The average Bonchev–Trinajstić information content (AvgIpc) is 2.85. The van der Waals surface area contributed by atoms with Gasteiger partial charge in [0.05, 0.1) is 11.6 Å². The molecule has 8 heteroatoms. The number of hydrogen-bond acceptors (Lipinski definition) is 4. The van der Waals surface area contributed by atoms with E-state index in [1.54, 1.807) is 29.2 Å². The van der Waals surface area contributed by atoms with Crippen LogP contribution in [0.2, 0.25) is 10.0 Å². The van der Waals surface area contributed by atoms with Crippen LogP contribution in [0, 0.1) is 11.3 Å². The van der Waals surface area contributed by atoms with Crippen molar-refractivity contribution in [2.24, 2.45) is 0 Å². The van der Waals surface area contributed by atoms with Crippen LogP contribution < -0.4 is 10.2 Å². The first-order valence-corrected chi connectivity index (χ1v) is 12.2. The molecule has 0 unspecified atom stereocenters. The largest absolute Gasteiger partial charge is 0.326 e. The highest BCUT2D eigenvalue weighted by molar-refractivity contribution is 6.35. The Morgan fingerprint density at radius 3 is 2.31 bits per heavy atom. The number of urea groups is 1. The topological polar surface area (TPSA) is 62.6 Å². The Labute approximate surface area is 216 Å². The van der Waals surface area contributed by atoms with Crippen molar-refractivity contribution in [2.75, 3.05) is 56.5 Å². The van der Waals surface area contributed by atoms with E-state index in [-0.39, 0.29) is 6.03 Å². The van der Waals surface area contributed by atoms with Crippen LogP contribution in [0.3, 0.4) is 0 Å². The van der Waals surface area contributed by atoms with Gasteiger partial charge in [-0.05, 0) is 60.6 Å². The van der Waals surface area contributed by atoms with Gasteiger partial charge >= 0.3 is 6.03 Å². The molecule has 0 aliphatic carbocycles. The first-order chi connectivity index (χ1) is 16.9. The molecule has 1 N–H and O–H groups in total. The molecule has 6 nitrogen and oxygen atoms in total. The van der Waals surface area contributed by atoms with Gasteiger partial charge in [-0.3, -0.25) is 9.80 Å². The lowest BCUT2D eigenvalue weighted by molar-refractivity contribution is 0.157. The number of nitrogens with zero attached hydrogens (tertiary/aromatic N) is 4. The van der Waals surface area contributed by atoms with Crippen LogP contribution in [0.1, 0.15) is 5.56 Å². The Hall–Kier alpha value is -3.08. The molecule has 0 saturated carbocycles. The van der Waals surface area contributed by atoms with Crippen molar-refractivity contribution in [2.45, 2.75) is 0 Å². The summed E-state index contributed by atoms with van der Waals surface area (Å²) in [7, 11) is 2.13. The highest BCUT2D eigenvalue weighted by Crippen LogP contribution is 2.26. The van der Waals surface area contributed by atoms with Crippen molar-refractivity contribution in [3.05, 3.63) is 82.3 Å². The smallest absolute Gasteiger partial charge is 0.307 e. The third kappa shape index (κ3) is 6.74. The molecule has 0 spiro atoms. The van der Waals surface area contributed by atoms with E-state index in [0.717, 1.165) is 49.5 Å². The minimum atomic E-state index is -0.253. The van der Waals surface area contributed by atoms with Crippen molar-refractivity contribution < 1.29 is 4.79 Å². The Morgan fingerprint density at radius 1 is 0.971 bits per heavy atom. The Balaban J connectivity index is 1.55. The number of hydrogen-bond donors (Lipinski definition) is 1. The summed E-state index contributed by atoms with van der Waals surface area (Å²) >= 11 is 12.2. The summed E-state index contributed by atoms with van der Waals surface area (Å²) in [6.45, 7) is 5.29. The summed E-state index contributed by atoms with van der Waals surface area (Å²) < 4.78 is 0. The highest BCUT2D eigenvalue weighted by Gasteiger charge is 2.20. The minimum absolute atomic E-state index is 0.253. The first kappa shape index (κ1) is 25.0. The number of carbonyl (C=O) groups is 1. The summed E-state index contributed by atoms with van der Waals surface area (Å²) in [5.41, 5.74) is 3.87. The van der Waals surface area contributed by atoms with E-state index in [1.807, 2.05) is 42.5 Å². The van der Waals surface area contributed by atoms with Crippen LogP contribution in [0.5, 0.6) is 0 Å². The molecule has 2 amide bonds. The summed E-state index contributed by atoms with van der Waals surface area (Å²) in [4.78, 5) is 19.8. The van der Waals surface area contributed by atoms with Gasteiger partial charge in [0.1, 0.15) is 0 Å². The Morgan fingerprint density at radius 2 is 1.66 bits per heavy atom. The molecule has 1 aliphatic heterocycles. The quantitative estimate of drug-likeness (QED) is 0.456. The summed E-state index contributed by atoms with van der Waals surface area (Å²) in [5.74, 6) is 0. The number of likely N-dealkylation sites (N-methyl/N-ethyl adjacent to an activating group) is 1. The maximum absolute atomic E-state index is 13.4. The van der Waals surface area contributed by atoms with Crippen molar-refractivity contribution in [3.63, 3.8) is 0 Å². The summed E-state index contributed by atoms with van der Waals surface area (Å²) in [6, 6.07) is 22.2. The van der Waals surface area contributed by atoms with E-state index in [0.29, 0.717) is 27.8 Å². The van der Waals surface area contributed by atoms with Crippen molar-refractivity contribution >= 4 is 40.6 Å². The summed E-state index contributed by atoms with van der Waals surface area (Å²) in [6.07, 6.45) is 0.